The summed E-state index contributed by atoms with van der Waals surface area (Å²) in [6.07, 6.45) is -1.66. The molecule has 2 aliphatic heterocycles. The second-order valence-electron chi connectivity index (χ2n) is 11.9. The van der Waals surface area contributed by atoms with Gasteiger partial charge in [0.2, 0.25) is 0 Å². The average Bonchev–Trinajstić information content (AvgIpc) is 3.11. The summed E-state index contributed by atoms with van der Waals surface area (Å²) in [5.74, 6) is -1.60. The van der Waals surface area contributed by atoms with Gasteiger partial charge in [0, 0.05) is 54.4 Å². The molecule has 2 aromatic heterocycles. The molecule has 39 heavy (non-hydrogen) atoms. The molecule has 1 saturated heterocycles. The molecule has 0 amide bonds. The molecule has 3 aromatic rings. The second kappa shape index (κ2) is 8.36. The lowest BCUT2D eigenvalue weighted by molar-refractivity contribution is -0.173. The number of hydrogen-bond acceptors (Lipinski definition) is 5. The first-order valence-electron chi connectivity index (χ1n) is 13.0. The van der Waals surface area contributed by atoms with E-state index in [9.17, 15) is 22.0 Å². The van der Waals surface area contributed by atoms with Gasteiger partial charge in [0.25, 0.3) is 12.3 Å². The van der Waals surface area contributed by atoms with Crippen molar-refractivity contribution in [2.24, 2.45) is 5.41 Å². The summed E-state index contributed by atoms with van der Waals surface area (Å²) in [6, 6.07) is 8.13. The van der Waals surface area contributed by atoms with Crippen LogP contribution in [-0.2, 0) is 13.1 Å². The number of benzene rings is 1. The van der Waals surface area contributed by atoms with E-state index in [-0.39, 0.29) is 24.2 Å². The van der Waals surface area contributed by atoms with E-state index in [2.05, 4.69) is 24.6 Å². The number of halogens is 6. The van der Waals surface area contributed by atoms with Gasteiger partial charge in [-0.15, -0.1) is 10.2 Å². The van der Waals surface area contributed by atoms with Crippen LogP contribution in [0.25, 0.3) is 5.69 Å². The van der Waals surface area contributed by atoms with Gasteiger partial charge in [0.05, 0.1) is 12.2 Å². The third-order valence-corrected chi connectivity index (χ3v) is 9.17. The van der Waals surface area contributed by atoms with Crippen molar-refractivity contribution in [1.82, 2.24) is 24.6 Å². The maximum absolute atomic E-state index is 13.9. The minimum Gasteiger partial charge on any atom is -0.355 e. The Morgan fingerprint density at radius 1 is 1.03 bits per heavy atom. The largest absolute Gasteiger partial charge is 0.355 e. The summed E-state index contributed by atoms with van der Waals surface area (Å²) < 4.78 is 69.7. The van der Waals surface area contributed by atoms with E-state index in [1.165, 1.54) is 6.07 Å². The van der Waals surface area contributed by atoms with Crippen LogP contribution >= 0.6 is 11.6 Å². The Hall–Kier alpha value is -2.79. The first-order chi connectivity index (χ1) is 18.4. The summed E-state index contributed by atoms with van der Waals surface area (Å²) in [5, 5.41) is 9.66. The number of anilines is 1. The Morgan fingerprint density at radius 2 is 1.77 bits per heavy atom. The Labute approximate surface area is 226 Å². The Morgan fingerprint density at radius 3 is 2.46 bits per heavy atom. The number of aromatic nitrogens is 4. The molecule has 2 aliphatic carbocycles. The maximum atomic E-state index is 13.9. The van der Waals surface area contributed by atoms with Crippen LogP contribution < -0.4 is 4.90 Å². The molecule has 206 valence electrons. The molecular formula is C27H26ClF5N6. The van der Waals surface area contributed by atoms with Crippen LogP contribution in [0.5, 0.6) is 0 Å². The lowest BCUT2D eigenvalue weighted by Crippen LogP contribution is -2.62. The van der Waals surface area contributed by atoms with Crippen LogP contribution in [-0.4, -0.2) is 49.2 Å². The normalized spacial score (nSPS) is 23.0. The second-order valence-corrected chi connectivity index (χ2v) is 12.4. The quantitative estimate of drug-likeness (QED) is 0.349. The van der Waals surface area contributed by atoms with E-state index >= 15 is 0 Å². The van der Waals surface area contributed by atoms with Crippen LogP contribution in [0.15, 0.2) is 30.3 Å². The standard InChI is InChI=1S/C27H26ClF5N6/c1-25(11-27(32,33)12-25)38-9-15-6-17(28)2-4-19(15)39-21(10-38)35-36-24(39)16-7-26(8-16)13-37(14-26)20-5-3-18(29)22(34-20)23(30)31/h2-6,16,23H,7-14H2,1H3. The van der Waals surface area contributed by atoms with Gasteiger partial charge in [-0.3, -0.25) is 9.47 Å². The minimum atomic E-state index is -2.96. The zero-order valence-electron chi connectivity index (χ0n) is 21.1. The average molecular weight is 565 g/mol. The number of alkyl halides is 4. The van der Waals surface area contributed by atoms with Crippen molar-refractivity contribution < 1.29 is 22.0 Å². The minimum absolute atomic E-state index is 0.0166. The molecule has 3 fully saturated rings. The number of nitrogens with zero attached hydrogens (tertiary/aromatic N) is 6. The number of pyridine rings is 1. The predicted molar refractivity (Wildman–Crippen MR) is 134 cm³/mol. The monoisotopic (exact) mass is 564 g/mol. The molecule has 6 nitrogen and oxygen atoms in total. The van der Waals surface area contributed by atoms with E-state index < -0.39 is 29.4 Å². The molecule has 2 saturated carbocycles. The number of rotatable bonds is 4. The van der Waals surface area contributed by atoms with Crippen molar-refractivity contribution >= 4 is 17.4 Å². The van der Waals surface area contributed by atoms with Gasteiger partial charge in [-0.1, -0.05) is 11.6 Å². The predicted octanol–water partition coefficient (Wildman–Crippen LogP) is 6.28. The van der Waals surface area contributed by atoms with Gasteiger partial charge in [0.1, 0.15) is 17.3 Å². The summed E-state index contributed by atoms with van der Waals surface area (Å²) >= 11 is 6.34. The Bertz CT molecular complexity index is 1450. The highest BCUT2D eigenvalue weighted by Gasteiger charge is 2.57. The van der Waals surface area contributed by atoms with Crippen molar-refractivity contribution in [2.45, 2.75) is 69.5 Å². The van der Waals surface area contributed by atoms with Crippen LogP contribution in [0, 0.1) is 11.2 Å². The fourth-order valence-corrected chi connectivity index (χ4v) is 7.28. The van der Waals surface area contributed by atoms with Crippen LogP contribution in [0.3, 0.4) is 0 Å². The molecular weight excluding hydrogens is 539 g/mol. The summed E-state index contributed by atoms with van der Waals surface area (Å²) in [4.78, 5) is 7.81. The van der Waals surface area contributed by atoms with Crippen molar-refractivity contribution in [3.8, 4) is 5.69 Å². The Balaban J connectivity index is 1.12. The van der Waals surface area contributed by atoms with Crippen LogP contribution in [0.2, 0.25) is 5.02 Å². The topological polar surface area (TPSA) is 50.1 Å². The SMILES string of the molecule is CC1(N2Cc3cc(Cl)ccc3-n3c(nnc3C3CC4(C3)CN(c3ccc(F)c(C(F)F)n3)C4)C2)CC(F)(F)C1. The molecule has 4 heterocycles. The molecule has 1 aromatic carbocycles. The molecule has 0 N–H and O–H groups in total. The highest BCUT2D eigenvalue weighted by molar-refractivity contribution is 6.30. The summed E-state index contributed by atoms with van der Waals surface area (Å²) in [6.45, 7) is 4.07. The summed E-state index contributed by atoms with van der Waals surface area (Å²) in [5.41, 5.74) is 0.415. The van der Waals surface area contributed by atoms with E-state index in [0.29, 0.717) is 42.8 Å². The molecule has 0 atom stereocenters. The fourth-order valence-electron chi connectivity index (χ4n) is 7.09. The molecule has 7 rings (SSSR count). The molecule has 4 aliphatic rings. The number of hydrogen-bond donors (Lipinski definition) is 0. The molecule has 0 unspecified atom stereocenters. The molecule has 0 radical (unpaired) electrons. The highest BCUT2D eigenvalue weighted by Crippen LogP contribution is 2.57. The van der Waals surface area contributed by atoms with Gasteiger partial charge >= 0.3 is 0 Å². The molecule has 0 bridgehead atoms. The lowest BCUT2D eigenvalue weighted by atomic mass is 9.57. The van der Waals surface area contributed by atoms with Gasteiger partial charge in [-0.05, 0) is 55.7 Å². The fraction of sp³-hybridized carbons (Fsp3) is 0.519. The van der Waals surface area contributed by atoms with Gasteiger partial charge in [-0.2, -0.15) is 0 Å². The zero-order valence-corrected chi connectivity index (χ0v) is 21.9. The third kappa shape index (κ3) is 4.03. The van der Waals surface area contributed by atoms with Crippen molar-refractivity contribution in [2.75, 3.05) is 18.0 Å². The smallest absolute Gasteiger partial charge is 0.283 e. The van der Waals surface area contributed by atoms with E-state index in [4.69, 9.17) is 11.6 Å². The lowest BCUT2D eigenvalue weighted by Gasteiger charge is -2.59. The molecule has 12 heteroatoms. The zero-order chi connectivity index (χ0) is 27.3. The van der Waals surface area contributed by atoms with Crippen molar-refractivity contribution in [3.05, 3.63) is 64.1 Å². The van der Waals surface area contributed by atoms with Crippen LogP contribution in [0.1, 0.15) is 67.9 Å². The van der Waals surface area contributed by atoms with Crippen LogP contribution in [0.4, 0.5) is 27.8 Å². The highest BCUT2D eigenvalue weighted by atomic mass is 35.5. The van der Waals surface area contributed by atoms with E-state index in [0.717, 1.165) is 36.0 Å². The third-order valence-electron chi connectivity index (χ3n) is 8.94. The number of fused-ring (bicyclic) bond motifs is 3. The van der Waals surface area contributed by atoms with Crippen molar-refractivity contribution in [3.63, 3.8) is 0 Å². The molecule has 1 spiro atoms. The first-order valence-corrected chi connectivity index (χ1v) is 13.4. The van der Waals surface area contributed by atoms with E-state index in [1.54, 1.807) is 0 Å². The first kappa shape index (κ1) is 25.2. The van der Waals surface area contributed by atoms with Gasteiger partial charge in [-0.25, -0.2) is 26.9 Å². The Kier molecular flexibility index (Phi) is 5.40. The van der Waals surface area contributed by atoms with Gasteiger partial charge in [0.15, 0.2) is 11.6 Å². The summed E-state index contributed by atoms with van der Waals surface area (Å²) in [7, 11) is 0. The maximum Gasteiger partial charge on any atom is 0.283 e. The van der Waals surface area contributed by atoms with E-state index in [1.807, 2.05) is 30.0 Å². The van der Waals surface area contributed by atoms with Crippen molar-refractivity contribution in [1.29, 1.82) is 0 Å². The van der Waals surface area contributed by atoms with Gasteiger partial charge < -0.3 is 4.90 Å².